The van der Waals surface area contributed by atoms with Crippen LogP contribution >= 0.6 is 11.3 Å². The highest BCUT2D eigenvalue weighted by atomic mass is 32.1. The van der Waals surface area contributed by atoms with Crippen LogP contribution in [0.25, 0.3) is 16.0 Å². The molecule has 126 valence electrons. The monoisotopic (exact) mass is 355 g/mol. The number of amides is 1. The van der Waals surface area contributed by atoms with Crippen LogP contribution < -0.4 is 0 Å². The molecule has 1 N–H and O–H groups in total. The number of benzene rings is 1. The van der Waals surface area contributed by atoms with E-state index in [9.17, 15) is 9.18 Å². The zero-order chi connectivity index (χ0) is 17.0. The maximum atomic E-state index is 13.4. The molecule has 6 nitrogen and oxygen atoms in total. The second-order valence-electron chi connectivity index (χ2n) is 6.16. The fourth-order valence-electron chi connectivity index (χ4n) is 3.43. The van der Waals surface area contributed by atoms with Crippen molar-refractivity contribution in [3.63, 3.8) is 0 Å². The minimum atomic E-state index is -0.305. The Morgan fingerprint density at radius 2 is 2.28 bits per heavy atom. The average Bonchev–Trinajstić information content (AvgIpc) is 3.34. The maximum absolute atomic E-state index is 13.4. The van der Waals surface area contributed by atoms with Crippen LogP contribution in [0.3, 0.4) is 0 Å². The first-order valence-electron chi connectivity index (χ1n) is 8.07. The quantitative estimate of drug-likeness (QED) is 0.599. The topological polar surface area (TPSA) is 66.3 Å². The molecule has 0 radical (unpaired) electrons. The summed E-state index contributed by atoms with van der Waals surface area (Å²) in [6, 6.07) is 4.33. The van der Waals surface area contributed by atoms with E-state index < -0.39 is 0 Å². The smallest absolute Gasteiger partial charge is 0.274 e. The summed E-state index contributed by atoms with van der Waals surface area (Å²) in [5, 5.41) is 1.93. The largest absolute Gasteiger partial charge is 0.340 e. The number of nitrogens with one attached hydrogen (secondary N) is 1. The molecular formula is C17H14FN5OS. The van der Waals surface area contributed by atoms with Gasteiger partial charge in [0.1, 0.15) is 17.3 Å². The van der Waals surface area contributed by atoms with Crippen LogP contribution in [0, 0.1) is 5.82 Å². The number of H-pyrrole nitrogens is 1. The van der Waals surface area contributed by atoms with Crippen LogP contribution in [0.15, 0.2) is 36.0 Å². The Balaban J connectivity index is 1.49. The minimum Gasteiger partial charge on any atom is -0.340 e. The number of thiazole rings is 1. The highest BCUT2D eigenvalue weighted by Gasteiger charge is 2.33. The summed E-state index contributed by atoms with van der Waals surface area (Å²) in [4.78, 5) is 27.7. The Bertz CT molecular complexity index is 1070. The van der Waals surface area contributed by atoms with E-state index in [1.165, 1.54) is 23.5 Å². The number of carbonyl (C=O) groups is 1. The van der Waals surface area contributed by atoms with E-state index in [0.717, 1.165) is 17.8 Å². The lowest BCUT2D eigenvalue weighted by molar-refractivity contribution is 0.0725. The van der Waals surface area contributed by atoms with Gasteiger partial charge in [-0.3, -0.25) is 9.20 Å². The zero-order valence-electron chi connectivity index (χ0n) is 13.1. The third-order valence-corrected chi connectivity index (χ3v) is 5.37. The lowest BCUT2D eigenvalue weighted by Crippen LogP contribution is -2.31. The fourth-order valence-corrected chi connectivity index (χ4v) is 4.13. The van der Waals surface area contributed by atoms with E-state index >= 15 is 0 Å². The molecule has 0 bridgehead atoms. The highest BCUT2D eigenvalue weighted by Crippen LogP contribution is 2.32. The van der Waals surface area contributed by atoms with Crippen LogP contribution in [-0.4, -0.2) is 36.7 Å². The lowest BCUT2D eigenvalue weighted by atomic mass is 10.2. The molecule has 1 atom stereocenters. The minimum absolute atomic E-state index is 0.0926. The zero-order valence-corrected chi connectivity index (χ0v) is 14.0. The van der Waals surface area contributed by atoms with E-state index in [0.29, 0.717) is 29.1 Å². The van der Waals surface area contributed by atoms with Gasteiger partial charge in [0.25, 0.3) is 5.91 Å². The number of rotatable bonds is 2. The van der Waals surface area contributed by atoms with Gasteiger partial charge in [-0.25, -0.2) is 14.4 Å². The first-order valence-corrected chi connectivity index (χ1v) is 8.95. The number of aromatic nitrogens is 4. The van der Waals surface area contributed by atoms with Crippen LogP contribution in [-0.2, 0) is 0 Å². The first kappa shape index (κ1) is 14.6. The molecule has 1 aliphatic rings. The average molecular weight is 355 g/mol. The Hall–Kier alpha value is -2.74. The molecule has 0 saturated carbocycles. The molecule has 1 saturated heterocycles. The van der Waals surface area contributed by atoms with E-state index in [2.05, 4.69) is 15.0 Å². The number of fused-ring (bicyclic) bond motifs is 2. The standard InChI is InChI=1S/C17H14FN5OS/c18-10-3-4-11-12(8-10)20-15(19-11)14-2-1-5-23(14)16(24)13-9-22-6-7-25-17(22)21-13/h3-4,6-9,14H,1-2,5H2,(H,19,20)/t14-/m1/s1. The van der Waals surface area contributed by atoms with Crippen LogP contribution in [0.4, 0.5) is 4.39 Å². The van der Waals surface area contributed by atoms with Crippen LogP contribution in [0.2, 0.25) is 0 Å². The molecule has 1 amide bonds. The van der Waals surface area contributed by atoms with Gasteiger partial charge in [0.05, 0.1) is 17.1 Å². The van der Waals surface area contributed by atoms with Crippen molar-refractivity contribution in [3.05, 3.63) is 53.3 Å². The van der Waals surface area contributed by atoms with Gasteiger partial charge in [-0.1, -0.05) is 0 Å². The number of imidazole rings is 2. The van der Waals surface area contributed by atoms with E-state index in [1.54, 1.807) is 17.2 Å². The van der Waals surface area contributed by atoms with E-state index in [-0.39, 0.29) is 17.8 Å². The van der Waals surface area contributed by atoms with Crippen molar-refractivity contribution in [2.75, 3.05) is 6.54 Å². The predicted octanol–water partition coefficient (Wildman–Crippen LogP) is 3.39. The van der Waals surface area contributed by atoms with Crippen molar-refractivity contribution in [1.82, 2.24) is 24.3 Å². The molecule has 1 fully saturated rings. The number of hydrogen-bond acceptors (Lipinski definition) is 4. The summed E-state index contributed by atoms with van der Waals surface area (Å²) in [5.74, 6) is 0.303. The van der Waals surface area contributed by atoms with Crippen molar-refractivity contribution in [2.24, 2.45) is 0 Å². The van der Waals surface area contributed by atoms with Crippen LogP contribution in [0.5, 0.6) is 0 Å². The van der Waals surface area contributed by atoms with Gasteiger partial charge in [-0.15, -0.1) is 11.3 Å². The van der Waals surface area contributed by atoms with Gasteiger partial charge in [-0.05, 0) is 31.0 Å². The van der Waals surface area contributed by atoms with Gasteiger partial charge >= 0.3 is 0 Å². The van der Waals surface area contributed by atoms with E-state index in [4.69, 9.17) is 0 Å². The summed E-state index contributed by atoms with van der Waals surface area (Å²) in [7, 11) is 0. The second-order valence-corrected chi connectivity index (χ2v) is 7.03. The number of nitrogens with zero attached hydrogens (tertiary/aromatic N) is 4. The molecule has 8 heteroatoms. The summed E-state index contributed by atoms with van der Waals surface area (Å²) in [6.07, 6.45) is 5.39. The van der Waals surface area contributed by atoms with Crippen molar-refractivity contribution in [2.45, 2.75) is 18.9 Å². The van der Waals surface area contributed by atoms with Gasteiger partial charge in [0.2, 0.25) is 0 Å². The van der Waals surface area contributed by atoms with Gasteiger partial charge in [0, 0.05) is 24.3 Å². The number of hydrogen-bond donors (Lipinski definition) is 1. The molecule has 0 aliphatic carbocycles. The van der Waals surface area contributed by atoms with Gasteiger partial charge in [0.15, 0.2) is 4.96 Å². The number of likely N-dealkylation sites (tertiary alicyclic amines) is 1. The SMILES string of the molecule is O=C(c1cn2ccsc2n1)N1CCC[C@@H]1c1nc2ccc(F)cc2[nH]1. The summed E-state index contributed by atoms with van der Waals surface area (Å²) < 4.78 is 15.3. The summed E-state index contributed by atoms with van der Waals surface area (Å²) >= 11 is 1.50. The fraction of sp³-hybridized carbons (Fsp3) is 0.235. The normalized spacial score (nSPS) is 17.8. The molecule has 25 heavy (non-hydrogen) atoms. The predicted molar refractivity (Wildman–Crippen MR) is 92.1 cm³/mol. The highest BCUT2D eigenvalue weighted by molar-refractivity contribution is 7.15. The summed E-state index contributed by atoms with van der Waals surface area (Å²) in [6.45, 7) is 0.667. The molecule has 5 rings (SSSR count). The number of carbonyl (C=O) groups excluding carboxylic acids is 1. The van der Waals surface area contributed by atoms with Crippen molar-refractivity contribution in [3.8, 4) is 0 Å². The Labute approximate surface area is 145 Å². The lowest BCUT2D eigenvalue weighted by Gasteiger charge is -2.22. The third-order valence-electron chi connectivity index (χ3n) is 4.60. The van der Waals surface area contributed by atoms with Crippen molar-refractivity contribution < 1.29 is 9.18 Å². The number of halogens is 1. The maximum Gasteiger partial charge on any atom is 0.274 e. The molecule has 4 aromatic rings. The molecular weight excluding hydrogens is 341 g/mol. The molecule has 4 heterocycles. The van der Waals surface area contributed by atoms with Gasteiger partial charge < -0.3 is 9.88 Å². The van der Waals surface area contributed by atoms with Crippen molar-refractivity contribution >= 4 is 33.2 Å². The molecule has 1 aromatic carbocycles. The Morgan fingerprint density at radius 3 is 3.16 bits per heavy atom. The molecule has 0 unspecified atom stereocenters. The second kappa shape index (κ2) is 5.38. The molecule has 3 aromatic heterocycles. The first-order chi connectivity index (χ1) is 12.2. The van der Waals surface area contributed by atoms with E-state index in [1.807, 2.05) is 16.0 Å². The molecule has 1 aliphatic heterocycles. The number of aromatic amines is 1. The summed E-state index contributed by atoms with van der Waals surface area (Å²) in [5.41, 5.74) is 1.80. The van der Waals surface area contributed by atoms with Crippen LogP contribution in [0.1, 0.15) is 35.2 Å². The van der Waals surface area contributed by atoms with Gasteiger partial charge in [-0.2, -0.15) is 0 Å². The Kier molecular flexibility index (Phi) is 3.14. The Morgan fingerprint density at radius 1 is 1.36 bits per heavy atom. The third kappa shape index (κ3) is 2.32. The molecule has 0 spiro atoms. The van der Waals surface area contributed by atoms with Crippen molar-refractivity contribution in [1.29, 1.82) is 0 Å².